The molecule has 0 spiro atoms. The van der Waals surface area contributed by atoms with Crippen molar-refractivity contribution in [1.29, 1.82) is 0 Å². The highest BCUT2D eigenvalue weighted by molar-refractivity contribution is 7.89. The molecule has 0 bridgehead atoms. The van der Waals surface area contributed by atoms with Gasteiger partial charge in [-0.05, 0) is 73.2 Å². The lowest BCUT2D eigenvalue weighted by atomic mass is 9.83. The first-order chi connectivity index (χ1) is 17.0. The zero-order valence-corrected chi connectivity index (χ0v) is 20.6. The van der Waals surface area contributed by atoms with Gasteiger partial charge in [-0.1, -0.05) is 42.0 Å². The second kappa shape index (κ2) is 10.1. The van der Waals surface area contributed by atoms with Crippen molar-refractivity contribution in [2.24, 2.45) is 0 Å². The fourth-order valence-electron chi connectivity index (χ4n) is 4.59. The van der Waals surface area contributed by atoms with Crippen molar-refractivity contribution in [3.63, 3.8) is 0 Å². The average Bonchev–Trinajstić information content (AvgIpc) is 2.88. The lowest BCUT2D eigenvalue weighted by molar-refractivity contribution is -0.137. The highest BCUT2D eigenvalue weighted by Crippen LogP contribution is 2.43. The number of halogens is 3. The molecule has 0 aromatic heterocycles. The number of alkyl halides is 3. The number of hydrogen-bond donors (Lipinski definition) is 0. The molecule has 0 radical (unpaired) electrons. The third kappa shape index (κ3) is 5.32. The van der Waals surface area contributed by atoms with Gasteiger partial charge >= 0.3 is 12.1 Å². The van der Waals surface area contributed by atoms with Crippen LogP contribution in [0.5, 0.6) is 0 Å². The zero-order valence-electron chi connectivity index (χ0n) is 19.8. The molecule has 0 amide bonds. The van der Waals surface area contributed by atoms with Gasteiger partial charge in [-0.25, -0.2) is 13.2 Å². The van der Waals surface area contributed by atoms with Crippen LogP contribution in [0.4, 0.5) is 13.2 Å². The maximum absolute atomic E-state index is 13.6. The molecule has 1 aliphatic rings. The van der Waals surface area contributed by atoms with Crippen molar-refractivity contribution in [1.82, 2.24) is 4.31 Å². The second-order valence-corrected chi connectivity index (χ2v) is 10.8. The Hall–Kier alpha value is -3.17. The molecular weight excluding hydrogens is 491 g/mol. The van der Waals surface area contributed by atoms with E-state index in [2.05, 4.69) is 0 Å². The predicted octanol–water partition coefficient (Wildman–Crippen LogP) is 6.11. The standard InChI is InChI=1S/C27H26F3NO4S/c1-18-3-13-24(14-4-18)36(33,34)31-16-15-22(19-5-7-21(8-6-19)26(32)35-2)17-25(31)20-9-11-23(12-10-20)27(28,29)30/h3-14,22,25H,15-17H2,1-2H3/t22-,25+/m1/s1. The molecule has 9 heteroatoms. The summed E-state index contributed by atoms with van der Waals surface area (Å²) in [5.41, 5.74) is 1.95. The van der Waals surface area contributed by atoms with Crippen molar-refractivity contribution in [2.45, 2.75) is 42.8 Å². The molecule has 3 aromatic rings. The minimum atomic E-state index is -4.48. The molecule has 5 nitrogen and oxygen atoms in total. The van der Waals surface area contributed by atoms with E-state index in [0.29, 0.717) is 24.0 Å². The molecular formula is C27H26F3NO4S. The summed E-state index contributed by atoms with van der Waals surface area (Å²) in [6.45, 7) is 2.06. The Kier molecular flexibility index (Phi) is 7.24. The Morgan fingerprint density at radius 3 is 2.06 bits per heavy atom. The Bertz CT molecular complexity index is 1320. The Labute approximate surface area is 208 Å². The first-order valence-corrected chi connectivity index (χ1v) is 12.9. The minimum absolute atomic E-state index is 0.0477. The highest BCUT2D eigenvalue weighted by Gasteiger charge is 2.39. The number of aryl methyl sites for hydroxylation is 1. The van der Waals surface area contributed by atoms with E-state index in [1.54, 1.807) is 36.4 Å². The Morgan fingerprint density at radius 1 is 0.917 bits per heavy atom. The number of hydrogen-bond acceptors (Lipinski definition) is 4. The van der Waals surface area contributed by atoms with E-state index >= 15 is 0 Å². The van der Waals surface area contributed by atoms with Gasteiger partial charge in [0.15, 0.2) is 0 Å². The molecule has 190 valence electrons. The second-order valence-electron chi connectivity index (χ2n) is 8.90. The minimum Gasteiger partial charge on any atom is -0.465 e. The molecule has 3 aromatic carbocycles. The molecule has 36 heavy (non-hydrogen) atoms. The molecule has 0 saturated carbocycles. The molecule has 0 aliphatic carbocycles. The number of carbonyl (C=O) groups excluding carboxylic acids is 1. The van der Waals surface area contributed by atoms with Gasteiger partial charge in [0, 0.05) is 6.54 Å². The quantitative estimate of drug-likeness (QED) is 0.383. The lowest BCUT2D eigenvalue weighted by Crippen LogP contribution is -2.40. The summed E-state index contributed by atoms with van der Waals surface area (Å²) in [6.07, 6.45) is -3.57. The van der Waals surface area contributed by atoms with Gasteiger partial charge in [-0.3, -0.25) is 0 Å². The number of benzene rings is 3. The van der Waals surface area contributed by atoms with E-state index in [1.165, 1.54) is 23.5 Å². The van der Waals surface area contributed by atoms with Crippen molar-refractivity contribution >= 4 is 16.0 Å². The van der Waals surface area contributed by atoms with Gasteiger partial charge in [0.2, 0.25) is 10.0 Å². The van der Waals surface area contributed by atoms with Crippen LogP contribution in [-0.4, -0.2) is 32.3 Å². The normalized spacial score (nSPS) is 19.1. The van der Waals surface area contributed by atoms with Gasteiger partial charge in [0.05, 0.1) is 29.2 Å². The van der Waals surface area contributed by atoms with Crippen molar-refractivity contribution in [3.05, 3.63) is 101 Å². The van der Waals surface area contributed by atoms with Gasteiger partial charge in [-0.2, -0.15) is 17.5 Å². The van der Waals surface area contributed by atoms with Crippen molar-refractivity contribution < 1.29 is 31.1 Å². The molecule has 1 fully saturated rings. The molecule has 1 saturated heterocycles. The van der Waals surface area contributed by atoms with Crippen LogP contribution in [0.25, 0.3) is 0 Å². The predicted molar refractivity (Wildman–Crippen MR) is 129 cm³/mol. The maximum atomic E-state index is 13.6. The summed E-state index contributed by atoms with van der Waals surface area (Å²) in [4.78, 5) is 11.9. The summed E-state index contributed by atoms with van der Waals surface area (Å²) < 4.78 is 72.7. The van der Waals surface area contributed by atoms with Gasteiger partial charge in [-0.15, -0.1) is 0 Å². The number of rotatable bonds is 5. The summed E-state index contributed by atoms with van der Waals surface area (Å²) >= 11 is 0. The topological polar surface area (TPSA) is 63.7 Å². The van der Waals surface area contributed by atoms with Crippen LogP contribution in [0.1, 0.15) is 57.4 Å². The Balaban J connectivity index is 1.69. The fraction of sp³-hybridized carbons (Fsp3) is 0.296. The molecule has 0 N–H and O–H groups in total. The number of methoxy groups -OCH3 is 1. The number of piperidine rings is 1. The average molecular weight is 518 g/mol. The summed E-state index contributed by atoms with van der Waals surface area (Å²) in [5.74, 6) is -0.503. The third-order valence-corrected chi connectivity index (χ3v) is 8.53. The van der Waals surface area contributed by atoms with Gasteiger partial charge < -0.3 is 4.74 Å². The molecule has 2 atom stereocenters. The summed E-state index contributed by atoms with van der Waals surface area (Å²) in [7, 11) is -2.59. The SMILES string of the molecule is COC(=O)c1ccc([C@@H]2CCN(S(=O)(=O)c3ccc(C)cc3)[C@H](c3ccc(C(F)(F)F)cc3)C2)cc1. The van der Waals surface area contributed by atoms with Crippen LogP contribution < -0.4 is 0 Å². The zero-order chi connectivity index (χ0) is 26.1. The molecule has 4 rings (SSSR count). The third-order valence-electron chi connectivity index (χ3n) is 6.61. The van der Waals surface area contributed by atoms with Crippen LogP contribution in [0, 0.1) is 6.92 Å². The van der Waals surface area contributed by atoms with Crippen molar-refractivity contribution in [3.8, 4) is 0 Å². The monoisotopic (exact) mass is 517 g/mol. The van der Waals surface area contributed by atoms with Gasteiger partial charge in [0.1, 0.15) is 0 Å². The summed E-state index contributed by atoms with van der Waals surface area (Å²) in [5, 5.41) is 0. The highest BCUT2D eigenvalue weighted by atomic mass is 32.2. The lowest BCUT2D eigenvalue weighted by Gasteiger charge is -2.39. The maximum Gasteiger partial charge on any atom is 0.416 e. The van der Waals surface area contributed by atoms with E-state index in [4.69, 9.17) is 4.74 Å². The fourth-order valence-corrected chi connectivity index (χ4v) is 6.23. The van der Waals surface area contributed by atoms with Crippen LogP contribution >= 0.6 is 0 Å². The molecule has 1 heterocycles. The smallest absolute Gasteiger partial charge is 0.416 e. The van der Waals surface area contributed by atoms with Gasteiger partial charge in [0.25, 0.3) is 0 Å². The number of esters is 1. The molecule has 1 aliphatic heterocycles. The van der Waals surface area contributed by atoms with E-state index in [0.717, 1.165) is 23.3 Å². The van der Waals surface area contributed by atoms with E-state index in [-0.39, 0.29) is 17.4 Å². The van der Waals surface area contributed by atoms with Crippen LogP contribution in [0.2, 0.25) is 0 Å². The van der Waals surface area contributed by atoms with Crippen molar-refractivity contribution in [2.75, 3.05) is 13.7 Å². The van der Waals surface area contributed by atoms with E-state index in [1.807, 2.05) is 19.1 Å². The molecule has 0 unspecified atom stereocenters. The first-order valence-electron chi connectivity index (χ1n) is 11.4. The Morgan fingerprint density at radius 2 is 1.50 bits per heavy atom. The van der Waals surface area contributed by atoms with Crippen LogP contribution in [0.3, 0.4) is 0 Å². The van der Waals surface area contributed by atoms with Crippen LogP contribution in [-0.2, 0) is 20.9 Å². The largest absolute Gasteiger partial charge is 0.465 e. The number of ether oxygens (including phenoxy) is 1. The van der Waals surface area contributed by atoms with E-state index < -0.39 is 33.8 Å². The van der Waals surface area contributed by atoms with E-state index in [9.17, 15) is 26.4 Å². The number of sulfonamides is 1. The number of carbonyl (C=O) groups is 1. The summed E-state index contributed by atoms with van der Waals surface area (Å²) in [6, 6.07) is 17.5. The van der Waals surface area contributed by atoms with Crippen LogP contribution in [0.15, 0.2) is 77.7 Å². The number of nitrogens with zero attached hydrogens (tertiary/aromatic N) is 1. The first kappa shape index (κ1) is 25.9.